The van der Waals surface area contributed by atoms with Crippen molar-refractivity contribution < 1.29 is 9.18 Å². The zero-order valence-electron chi connectivity index (χ0n) is 18.4. The zero-order chi connectivity index (χ0) is 22.9. The van der Waals surface area contributed by atoms with Crippen LogP contribution in [0.25, 0.3) is 0 Å². The van der Waals surface area contributed by atoms with E-state index >= 15 is 0 Å². The summed E-state index contributed by atoms with van der Waals surface area (Å²) < 4.78 is 13.6. The molecule has 6 heteroatoms. The molecule has 1 amide bonds. The van der Waals surface area contributed by atoms with Crippen LogP contribution >= 0.6 is 22.9 Å². The second-order valence-corrected chi connectivity index (χ2v) is 10.8. The third kappa shape index (κ3) is 5.11. The van der Waals surface area contributed by atoms with Gasteiger partial charge in [-0.15, -0.1) is 11.3 Å². The lowest BCUT2D eigenvalue weighted by Gasteiger charge is -2.33. The van der Waals surface area contributed by atoms with Gasteiger partial charge >= 0.3 is 0 Å². The minimum atomic E-state index is -0.314. The Labute approximate surface area is 197 Å². The number of carbonyl (C=O) groups excluding carboxylic acids is 1. The second kappa shape index (κ2) is 9.16. The molecule has 0 saturated heterocycles. The van der Waals surface area contributed by atoms with Crippen molar-refractivity contribution in [1.29, 1.82) is 0 Å². The smallest absolute Gasteiger partial charge is 0.259 e. The maximum absolute atomic E-state index is 13.6. The Morgan fingerprint density at radius 1 is 1.22 bits per heavy atom. The molecular formula is C26H26ClFN2OS. The van der Waals surface area contributed by atoms with Crippen molar-refractivity contribution in [2.24, 2.45) is 16.3 Å². The number of hydrogen-bond acceptors (Lipinski definition) is 3. The fourth-order valence-corrected chi connectivity index (χ4v) is 5.57. The lowest BCUT2D eigenvalue weighted by molar-refractivity contribution is 0.102. The Hall–Kier alpha value is -2.50. The van der Waals surface area contributed by atoms with Gasteiger partial charge in [0.15, 0.2) is 0 Å². The number of benzene rings is 2. The lowest BCUT2D eigenvalue weighted by atomic mass is 9.72. The Balaban J connectivity index is 1.71. The van der Waals surface area contributed by atoms with Crippen LogP contribution in [-0.4, -0.2) is 12.1 Å². The van der Waals surface area contributed by atoms with Crippen LogP contribution < -0.4 is 5.32 Å². The summed E-state index contributed by atoms with van der Waals surface area (Å²) in [6.45, 7) is 6.81. The van der Waals surface area contributed by atoms with Gasteiger partial charge in [-0.05, 0) is 72.1 Å². The first kappa shape index (κ1) is 22.7. The van der Waals surface area contributed by atoms with Gasteiger partial charge in [0.1, 0.15) is 10.8 Å². The molecule has 0 saturated carbocycles. The van der Waals surface area contributed by atoms with Crippen LogP contribution in [0.3, 0.4) is 0 Å². The molecule has 2 aromatic carbocycles. The molecule has 1 aliphatic carbocycles. The van der Waals surface area contributed by atoms with Crippen LogP contribution in [0, 0.1) is 17.2 Å². The van der Waals surface area contributed by atoms with Gasteiger partial charge in [-0.2, -0.15) is 0 Å². The van der Waals surface area contributed by atoms with E-state index in [9.17, 15) is 9.18 Å². The summed E-state index contributed by atoms with van der Waals surface area (Å²) in [6, 6.07) is 13.4. The van der Waals surface area contributed by atoms with E-state index in [0.29, 0.717) is 32.8 Å². The van der Waals surface area contributed by atoms with Crippen LogP contribution in [-0.2, 0) is 12.8 Å². The summed E-state index contributed by atoms with van der Waals surface area (Å²) in [5.41, 5.74) is 3.21. The number of carbonyl (C=O) groups is 1. The first-order valence-corrected chi connectivity index (χ1v) is 11.9. The van der Waals surface area contributed by atoms with Crippen LogP contribution in [0.15, 0.2) is 53.5 Å². The van der Waals surface area contributed by atoms with Crippen molar-refractivity contribution in [3.05, 3.63) is 80.9 Å². The average Bonchev–Trinajstić information content (AvgIpc) is 3.09. The maximum atomic E-state index is 13.6. The predicted octanol–water partition coefficient (Wildman–Crippen LogP) is 7.69. The van der Waals surface area contributed by atoms with E-state index in [1.54, 1.807) is 47.9 Å². The van der Waals surface area contributed by atoms with Gasteiger partial charge in [-0.3, -0.25) is 4.79 Å². The lowest BCUT2D eigenvalue weighted by Crippen LogP contribution is -2.27. The van der Waals surface area contributed by atoms with Gasteiger partial charge in [0.25, 0.3) is 5.91 Å². The summed E-state index contributed by atoms with van der Waals surface area (Å²) in [5, 5.41) is 4.20. The highest BCUT2D eigenvalue weighted by Crippen LogP contribution is 2.45. The van der Waals surface area contributed by atoms with Gasteiger partial charge in [0, 0.05) is 21.8 Å². The van der Waals surface area contributed by atoms with E-state index in [1.165, 1.54) is 17.0 Å². The molecule has 1 N–H and O–H groups in total. The molecule has 0 bridgehead atoms. The summed E-state index contributed by atoms with van der Waals surface area (Å²) in [5.74, 6) is 0.0503. The summed E-state index contributed by atoms with van der Waals surface area (Å²) in [6.07, 6.45) is 4.45. The number of rotatable bonds is 4. The first-order valence-electron chi connectivity index (χ1n) is 10.7. The Morgan fingerprint density at radius 3 is 2.72 bits per heavy atom. The van der Waals surface area contributed by atoms with Crippen molar-refractivity contribution in [3.8, 4) is 0 Å². The molecule has 4 rings (SSSR count). The first-order chi connectivity index (χ1) is 15.2. The van der Waals surface area contributed by atoms with Gasteiger partial charge in [0.05, 0.1) is 5.56 Å². The quantitative estimate of drug-likeness (QED) is 0.391. The third-order valence-electron chi connectivity index (χ3n) is 5.96. The molecule has 0 radical (unpaired) electrons. The molecule has 1 atom stereocenters. The number of halogens is 2. The van der Waals surface area contributed by atoms with Crippen molar-refractivity contribution in [1.82, 2.24) is 0 Å². The predicted molar refractivity (Wildman–Crippen MR) is 132 cm³/mol. The second-order valence-electron chi connectivity index (χ2n) is 9.27. The third-order valence-corrected chi connectivity index (χ3v) is 7.36. The minimum Gasteiger partial charge on any atom is -0.322 e. The molecule has 3 aromatic rings. The number of aliphatic imine (C=N–C) groups is 1. The number of nitrogens with zero attached hydrogens (tertiary/aromatic N) is 1. The van der Waals surface area contributed by atoms with Gasteiger partial charge < -0.3 is 5.32 Å². The standard InChI is InChI=1S/C26H26ClFN2OS/c1-26(2,3)17-10-11-21-22(13-17)32-25(29-15-16-6-4-8-19(28)12-16)23(21)24(31)30-20-9-5-7-18(27)14-20/h4-9,12,14-15,17H,10-11,13H2,1-3H3,(H,30,31)/t17-/m0/s1. The molecule has 0 fully saturated rings. The minimum absolute atomic E-state index is 0.189. The Kier molecular flexibility index (Phi) is 6.50. The molecular weight excluding hydrogens is 443 g/mol. The number of fused-ring (bicyclic) bond motifs is 1. The van der Waals surface area contributed by atoms with Crippen LogP contribution in [0.1, 0.15) is 53.6 Å². The Morgan fingerprint density at radius 2 is 2.00 bits per heavy atom. The highest BCUT2D eigenvalue weighted by atomic mass is 35.5. The fourth-order valence-electron chi connectivity index (χ4n) is 4.12. The van der Waals surface area contributed by atoms with Crippen LogP contribution in [0.5, 0.6) is 0 Å². The molecule has 0 spiro atoms. The van der Waals surface area contributed by atoms with E-state index in [-0.39, 0.29) is 17.1 Å². The summed E-state index contributed by atoms with van der Waals surface area (Å²) in [7, 11) is 0. The molecule has 1 heterocycles. The van der Waals surface area contributed by atoms with Crippen LogP contribution in [0.2, 0.25) is 5.02 Å². The van der Waals surface area contributed by atoms with E-state index in [4.69, 9.17) is 11.6 Å². The highest BCUT2D eigenvalue weighted by molar-refractivity contribution is 7.16. The van der Waals surface area contributed by atoms with E-state index in [2.05, 4.69) is 31.1 Å². The van der Waals surface area contributed by atoms with Crippen molar-refractivity contribution >= 4 is 45.7 Å². The Bertz CT molecular complexity index is 1180. The molecule has 0 aliphatic heterocycles. The highest BCUT2D eigenvalue weighted by Gasteiger charge is 2.33. The number of nitrogens with one attached hydrogen (secondary N) is 1. The fraction of sp³-hybridized carbons (Fsp3) is 0.308. The van der Waals surface area contributed by atoms with Crippen molar-refractivity contribution in [2.75, 3.05) is 5.32 Å². The molecule has 1 aromatic heterocycles. The van der Waals surface area contributed by atoms with E-state index in [1.807, 2.05) is 6.07 Å². The molecule has 166 valence electrons. The SMILES string of the molecule is CC(C)(C)[C@H]1CCc2c(sc(N=Cc3cccc(F)c3)c2C(=O)Nc2cccc(Cl)c2)C1. The molecule has 32 heavy (non-hydrogen) atoms. The normalized spacial score (nSPS) is 16.2. The van der Waals surface area contributed by atoms with E-state index in [0.717, 1.165) is 24.8 Å². The number of thiophene rings is 1. The number of amides is 1. The van der Waals surface area contributed by atoms with Gasteiger partial charge in [-0.1, -0.05) is 50.6 Å². The largest absolute Gasteiger partial charge is 0.322 e. The van der Waals surface area contributed by atoms with Crippen LogP contribution in [0.4, 0.5) is 15.1 Å². The van der Waals surface area contributed by atoms with Crippen molar-refractivity contribution in [2.45, 2.75) is 40.0 Å². The van der Waals surface area contributed by atoms with Gasteiger partial charge in [-0.25, -0.2) is 9.38 Å². The molecule has 1 aliphatic rings. The topological polar surface area (TPSA) is 41.5 Å². The molecule has 0 unspecified atom stereocenters. The van der Waals surface area contributed by atoms with Gasteiger partial charge in [0.2, 0.25) is 0 Å². The molecule has 3 nitrogen and oxygen atoms in total. The maximum Gasteiger partial charge on any atom is 0.259 e. The zero-order valence-corrected chi connectivity index (χ0v) is 20.0. The number of hydrogen-bond donors (Lipinski definition) is 1. The van der Waals surface area contributed by atoms with Crippen molar-refractivity contribution in [3.63, 3.8) is 0 Å². The summed E-state index contributed by atoms with van der Waals surface area (Å²) in [4.78, 5) is 19.2. The van der Waals surface area contributed by atoms with E-state index < -0.39 is 0 Å². The number of anilines is 1. The average molecular weight is 469 g/mol. The monoisotopic (exact) mass is 468 g/mol. The summed E-state index contributed by atoms with van der Waals surface area (Å²) >= 11 is 7.65.